The fourth-order valence-electron chi connectivity index (χ4n) is 1.13. The molecule has 1 atom stereocenters. The highest BCUT2D eigenvalue weighted by Crippen LogP contribution is 2.08. The van der Waals surface area contributed by atoms with E-state index < -0.39 is 0 Å². The quantitative estimate of drug-likeness (QED) is 0.490. The van der Waals surface area contributed by atoms with E-state index >= 15 is 0 Å². The predicted octanol–water partition coefficient (Wildman–Crippen LogP) is 3.09. The molecule has 3 nitrogen and oxygen atoms in total. The number of halogens is 1. The lowest BCUT2D eigenvalue weighted by Gasteiger charge is -2.07. The highest BCUT2D eigenvalue weighted by atomic mass is 127. The molecule has 96 valence electrons. The van der Waals surface area contributed by atoms with Crippen molar-refractivity contribution in [3.63, 3.8) is 0 Å². The third-order valence-electron chi connectivity index (χ3n) is 2.25. The van der Waals surface area contributed by atoms with Crippen molar-refractivity contribution < 1.29 is 0 Å². The smallest absolute Gasteiger partial charge is 0.193 e. The van der Waals surface area contributed by atoms with Crippen LogP contribution < -0.4 is 11.1 Å². The minimum atomic E-state index is 0. The molecule has 3 N–H and O–H groups in total. The highest BCUT2D eigenvalue weighted by Gasteiger charge is 1.98. The summed E-state index contributed by atoms with van der Waals surface area (Å²) in [6.07, 6.45) is 2.07. The molecule has 17 heavy (non-hydrogen) atoms. The molecule has 1 aromatic carbocycles. The summed E-state index contributed by atoms with van der Waals surface area (Å²) in [5.41, 5.74) is 7.99. The SMILES string of the molecule is CSC(C)CN=C(N)Nc1ccc(C)cc1.I. The Labute approximate surface area is 125 Å². The molecule has 0 radical (unpaired) electrons. The van der Waals surface area contributed by atoms with Crippen LogP contribution in [0.25, 0.3) is 0 Å². The van der Waals surface area contributed by atoms with E-state index in [9.17, 15) is 0 Å². The van der Waals surface area contributed by atoms with E-state index in [1.165, 1.54) is 5.56 Å². The zero-order valence-electron chi connectivity index (χ0n) is 10.4. The van der Waals surface area contributed by atoms with Crippen molar-refractivity contribution in [2.24, 2.45) is 10.7 Å². The van der Waals surface area contributed by atoms with Gasteiger partial charge in [-0.05, 0) is 25.3 Å². The van der Waals surface area contributed by atoms with Crippen LogP contribution in [-0.4, -0.2) is 24.0 Å². The van der Waals surface area contributed by atoms with Crippen molar-refractivity contribution in [1.82, 2.24) is 0 Å². The van der Waals surface area contributed by atoms with Crippen molar-refractivity contribution >= 4 is 47.4 Å². The van der Waals surface area contributed by atoms with Crippen LogP contribution in [0.2, 0.25) is 0 Å². The Morgan fingerprint density at radius 1 is 1.41 bits per heavy atom. The Kier molecular flexibility index (Phi) is 8.41. The van der Waals surface area contributed by atoms with Crippen LogP contribution in [0.5, 0.6) is 0 Å². The molecule has 0 aliphatic rings. The maximum absolute atomic E-state index is 5.78. The van der Waals surface area contributed by atoms with Gasteiger partial charge in [0.1, 0.15) is 0 Å². The number of benzene rings is 1. The fraction of sp³-hybridized carbons (Fsp3) is 0.417. The first-order chi connectivity index (χ1) is 7.61. The molecular formula is C12H20IN3S. The Hall–Kier alpha value is -0.430. The molecule has 0 saturated carbocycles. The summed E-state index contributed by atoms with van der Waals surface area (Å²) in [6, 6.07) is 8.08. The zero-order valence-corrected chi connectivity index (χ0v) is 13.6. The first-order valence-corrected chi connectivity index (χ1v) is 6.57. The summed E-state index contributed by atoms with van der Waals surface area (Å²) in [5.74, 6) is 0.477. The van der Waals surface area contributed by atoms with E-state index in [0.29, 0.717) is 11.2 Å². The number of thioether (sulfide) groups is 1. The van der Waals surface area contributed by atoms with Crippen LogP contribution in [-0.2, 0) is 0 Å². The number of aryl methyl sites for hydroxylation is 1. The molecule has 0 aliphatic heterocycles. The van der Waals surface area contributed by atoms with Crippen molar-refractivity contribution in [2.75, 3.05) is 18.1 Å². The molecule has 5 heteroatoms. The maximum Gasteiger partial charge on any atom is 0.193 e. The molecule has 0 bridgehead atoms. The van der Waals surface area contributed by atoms with Crippen LogP contribution >= 0.6 is 35.7 Å². The topological polar surface area (TPSA) is 50.4 Å². The number of nitrogens with two attached hydrogens (primary N) is 1. The van der Waals surface area contributed by atoms with Gasteiger partial charge < -0.3 is 11.1 Å². The summed E-state index contributed by atoms with van der Waals surface area (Å²) in [7, 11) is 0. The maximum atomic E-state index is 5.78. The highest BCUT2D eigenvalue weighted by molar-refractivity contribution is 14.0. The van der Waals surface area contributed by atoms with E-state index in [2.05, 4.69) is 30.4 Å². The van der Waals surface area contributed by atoms with Gasteiger partial charge in [-0.2, -0.15) is 11.8 Å². The average Bonchev–Trinajstić information content (AvgIpc) is 2.29. The number of hydrogen-bond donors (Lipinski definition) is 2. The second-order valence-corrected chi connectivity index (χ2v) is 5.04. The Morgan fingerprint density at radius 2 is 2.00 bits per heavy atom. The van der Waals surface area contributed by atoms with Gasteiger partial charge in [-0.3, -0.25) is 4.99 Å². The van der Waals surface area contributed by atoms with Crippen molar-refractivity contribution in [2.45, 2.75) is 19.1 Å². The molecule has 0 spiro atoms. The molecule has 0 aromatic heterocycles. The second-order valence-electron chi connectivity index (χ2n) is 3.76. The van der Waals surface area contributed by atoms with Crippen molar-refractivity contribution in [3.05, 3.63) is 29.8 Å². The summed E-state index contributed by atoms with van der Waals surface area (Å²) < 4.78 is 0. The summed E-state index contributed by atoms with van der Waals surface area (Å²) in [6.45, 7) is 4.93. The van der Waals surface area contributed by atoms with E-state index in [0.717, 1.165) is 12.2 Å². The molecule has 0 amide bonds. The molecule has 1 rings (SSSR count). The molecule has 0 fully saturated rings. The van der Waals surface area contributed by atoms with Crippen LogP contribution in [0.3, 0.4) is 0 Å². The second kappa shape index (κ2) is 8.63. The number of nitrogens with zero attached hydrogens (tertiary/aromatic N) is 1. The number of hydrogen-bond acceptors (Lipinski definition) is 2. The molecular weight excluding hydrogens is 345 g/mol. The molecule has 1 aromatic rings. The normalized spacial score (nSPS) is 12.8. The molecule has 0 aliphatic carbocycles. The van der Waals surface area contributed by atoms with Gasteiger partial charge >= 0.3 is 0 Å². The minimum absolute atomic E-state index is 0. The number of rotatable bonds is 4. The van der Waals surface area contributed by atoms with E-state index in [1.807, 2.05) is 24.3 Å². The van der Waals surface area contributed by atoms with E-state index in [1.54, 1.807) is 11.8 Å². The van der Waals surface area contributed by atoms with Gasteiger partial charge in [-0.1, -0.05) is 24.6 Å². The molecule has 0 heterocycles. The summed E-state index contributed by atoms with van der Waals surface area (Å²) >= 11 is 1.78. The van der Waals surface area contributed by atoms with E-state index in [4.69, 9.17) is 5.73 Å². The summed E-state index contributed by atoms with van der Waals surface area (Å²) in [4.78, 5) is 4.28. The lowest BCUT2D eigenvalue weighted by atomic mass is 10.2. The number of aliphatic imine (C=N–C) groups is 1. The number of guanidine groups is 1. The Morgan fingerprint density at radius 3 is 2.53 bits per heavy atom. The van der Waals surface area contributed by atoms with Crippen LogP contribution in [0.4, 0.5) is 5.69 Å². The third kappa shape index (κ3) is 6.78. The molecule has 1 unspecified atom stereocenters. The zero-order chi connectivity index (χ0) is 12.0. The first-order valence-electron chi connectivity index (χ1n) is 5.28. The standard InChI is InChI=1S/C12H19N3S.HI/c1-9-4-6-11(7-5-9)15-12(13)14-8-10(2)16-3;/h4-7,10H,8H2,1-3H3,(H3,13,14,15);1H. The van der Waals surface area contributed by atoms with Gasteiger partial charge in [0, 0.05) is 10.9 Å². The number of nitrogens with one attached hydrogen (secondary N) is 1. The third-order valence-corrected chi connectivity index (χ3v) is 3.20. The largest absolute Gasteiger partial charge is 0.370 e. The minimum Gasteiger partial charge on any atom is -0.370 e. The van der Waals surface area contributed by atoms with Gasteiger partial charge in [0.15, 0.2) is 5.96 Å². The van der Waals surface area contributed by atoms with Crippen LogP contribution in [0, 0.1) is 6.92 Å². The summed E-state index contributed by atoms with van der Waals surface area (Å²) in [5, 5.41) is 3.57. The van der Waals surface area contributed by atoms with Gasteiger partial charge in [0.25, 0.3) is 0 Å². The van der Waals surface area contributed by atoms with Crippen LogP contribution in [0.15, 0.2) is 29.3 Å². The van der Waals surface area contributed by atoms with Crippen molar-refractivity contribution in [1.29, 1.82) is 0 Å². The lowest BCUT2D eigenvalue weighted by molar-refractivity contribution is 0.951. The average molecular weight is 365 g/mol. The predicted molar refractivity (Wildman–Crippen MR) is 89.7 cm³/mol. The first kappa shape index (κ1) is 16.6. The van der Waals surface area contributed by atoms with Gasteiger partial charge in [0.05, 0.1) is 6.54 Å². The molecule has 0 saturated heterocycles. The Balaban J connectivity index is 0.00000256. The van der Waals surface area contributed by atoms with Gasteiger partial charge in [0.2, 0.25) is 0 Å². The lowest BCUT2D eigenvalue weighted by Crippen LogP contribution is -2.23. The fourth-order valence-corrected chi connectivity index (χ4v) is 1.35. The van der Waals surface area contributed by atoms with Gasteiger partial charge in [-0.25, -0.2) is 0 Å². The van der Waals surface area contributed by atoms with Crippen molar-refractivity contribution in [3.8, 4) is 0 Å². The van der Waals surface area contributed by atoms with Gasteiger partial charge in [-0.15, -0.1) is 24.0 Å². The Bertz CT molecular complexity index is 351. The van der Waals surface area contributed by atoms with E-state index in [-0.39, 0.29) is 24.0 Å². The van der Waals surface area contributed by atoms with Crippen LogP contribution in [0.1, 0.15) is 12.5 Å². The monoisotopic (exact) mass is 365 g/mol. The number of anilines is 1.